The van der Waals surface area contributed by atoms with E-state index in [1.807, 2.05) is 21.6 Å². The van der Waals surface area contributed by atoms with Gasteiger partial charge in [0.05, 0.1) is 11.0 Å². The second kappa shape index (κ2) is 5.76. The third-order valence-electron chi connectivity index (χ3n) is 4.56. The minimum atomic E-state index is 0.173. The van der Waals surface area contributed by atoms with Gasteiger partial charge < -0.3 is 18.9 Å². The lowest BCUT2D eigenvalue weighted by atomic mass is 10.2. The Morgan fingerprint density at radius 3 is 2.57 bits per heavy atom. The molecule has 0 radical (unpaired) electrons. The van der Waals surface area contributed by atoms with E-state index >= 15 is 0 Å². The van der Waals surface area contributed by atoms with Crippen molar-refractivity contribution >= 4 is 16.9 Å². The molecule has 0 N–H and O–H groups in total. The molecule has 122 valence electrons. The Hall–Kier alpha value is -2.24. The summed E-state index contributed by atoms with van der Waals surface area (Å²) in [5.41, 5.74) is 1.80. The Morgan fingerprint density at radius 1 is 1.17 bits per heavy atom. The molecular formula is C17H21N3O3. The van der Waals surface area contributed by atoms with Gasteiger partial charge in [-0.05, 0) is 12.8 Å². The van der Waals surface area contributed by atoms with Crippen LogP contribution >= 0.6 is 0 Å². The van der Waals surface area contributed by atoms with Crippen LogP contribution in [-0.2, 0) is 17.8 Å². The molecule has 1 aromatic carbocycles. The molecule has 2 aliphatic heterocycles. The number of hydrogen-bond donors (Lipinski definition) is 0. The zero-order valence-corrected chi connectivity index (χ0v) is 13.4. The van der Waals surface area contributed by atoms with Crippen LogP contribution in [0.5, 0.6) is 11.5 Å². The molecule has 1 saturated heterocycles. The van der Waals surface area contributed by atoms with Crippen molar-refractivity contribution in [2.24, 2.45) is 0 Å². The van der Waals surface area contributed by atoms with Crippen LogP contribution in [0.1, 0.15) is 25.6 Å². The molecule has 6 heteroatoms. The highest BCUT2D eigenvalue weighted by molar-refractivity contribution is 5.84. The van der Waals surface area contributed by atoms with Crippen molar-refractivity contribution in [1.82, 2.24) is 14.5 Å². The Balaban J connectivity index is 1.73. The molecule has 3 heterocycles. The number of nitrogens with zero attached hydrogens (tertiary/aromatic N) is 3. The number of aryl methyl sites for hydroxylation is 1. The predicted octanol–water partition coefficient (Wildman–Crippen LogP) is 1.99. The van der Waals surface area contributed by atoms with Crippen LogP contribution in [0, 0.1) is 0 Å². The lowest BCUT2D eigenvalue weighted by molar-refractivity contribution is -0.130. The van der Waals surface area contributed by atoms with E-state index < -0.39 is 0 Å². The Bertz CT molecular complexity index is 747. The lowest BCUT2D eigenvalue weighted by Gasteiger charge is -2.19. The third kappa shape index (κ3) is 2.52. The first-order valence-corrected chi connectivity index (χ1v) is 8.33. The fourth-order valence-electron chi connectivity index (χ4n) is 3.36. The fourth-order valence-corrected chi connectivity index (χ4v) is 3.36. The quantitative estimate of drug-likeness (QED) is 0.869. The molecule has 1 aromatic heterocycles. The topological polar surface area (TPSA) is 56.6 Å². The summed E-state index contributed by atoms with van der Waals surface area (Å²) in [4.78, 5) is 19.2. The number of amides is 1. The van der Waals surface area contributed by atoms with Crippen LogP contribution in [0.15, 0.2) is 12.1 Å². The normalized spacial score (nSPS) is 17.0. The van der Waals surface area contributed by atoms with Crippen molar-refractivity contribution in [3.05, 3.63) is 18.0 Å². The average molecular weight is 315 g/mol. The summed E-state index contributed by atoms with van der Waals surface area (Å²) in [6, 6.07) is 3.87. The summed E-state index contributed by atoms with van der Waals surface area (Å²) in [5, 5.41) is 0. The fraction of sp³-hybridized carbons (Fsp3) is 0.529. The average Bonchev–Trinajstić information content (AvgIpc) is 3.21. The van der Waals surface area contributed by atoms with Gasteiger partial charge in [-0.3, -0.25) is 4.79 Å². The van der Waals surface area contributed by atoms with Crippen molar-refractivity contribution < 1.29 is 14.3 Å². The van der Waals surface area contributed by atoms with Gasteiger partial charge >= 0.3 is 0 Å². The summed E-state index contributed by atoms with van der Waals surface area (Å²) in [6.07, 6.45) is 3.00. The Morgan fingerprint density at radius 2 is 1.87 bits per heavy atom. The summed E-state index contributed by atoms with van der Waals surface area (Å²) in [6.45, 7) is 5.27. The minimum absolute atomic E-state index is 0.173. The zero-order chi connectivity index (χ0) is 15.8. The van der Waals surface area contributed by atoms with E-state index in [0.29, 0.717) is 19.8 Å². The van der Waals surface area contributed by atoms with E-state index in [0.717, 1.165) is 60.7 Å². The number of ether oxygens (including phenoxy) is 2. The van der Waals surface area contributed by atoms with Crippen LogP contribution < -0.4 is 9.47 Å². The highest BCUT2D eigenvalue weighted by Crippen LogP contribution is 2.34. The first kappa shape index (κ1) is 14.4. The van der Waals surface area contributed by atoms with E-state index in [-0.39, 0.29) is 5.91 Å². The van der Waals surface area contributed by atoms with Crippen molar-refractivity contribution in [2.75, 3.05) is 26.3 Å². The largest absolute Gasteiger partial charge is 0.486 e. The second-order valence-electron chi connectivity index (χ2n) is 6.04. The van der Waals surface area contributed by atoms with Gasteiger partial charge in [-0.2, -0.15) is 0 Å². The lowest BCUT2D eigenvalue weighted by Crippen LogP contribution is -2.31. The highest BCUT2D eigenvalue weighted by Gasteiger charge is 2.22. The van der Waals surface area contributed by atoms with Gasteiger partial charge in [-0.1, -0.05) is 6.92 Å². The van der Waals surface area contributed by atoms with Gasteiger partial charge in [0.1, 0.15) is 25.6 Å². The molecule has 0 atom stereocenters. The molecule has 0 unspecified atom stereocenters. The third-order valence-corrected chi connectivity index (χ3v) is 4.56. The van der Waals surface area contributed by atoms with Gasteiger partial charge in [0.2, 0.25) is 5.91 Å². The number of carbonyl (C=O) groups excluding carboxylic acids is 1. The Labute approximate surface area is 135 Å². The predicted molar refractivity (Wildman–Crippen MR) is 85.9 cm³/mol. The first-order valence-electron chi connectivity index (χ1n) is 8.33. The van der Waals surface area contributed by atoms with Gasteiger partial charge in [0.15, 0.2) is 11.5 Å². The molecule has 4 rings (SSSR count). The number of likely N-dealkylation sites (tertiary alicyclic amines) is 1. The van der Waals surface area contributed by atoms with Crippen molar-refractivity contribution in [3.8, 4) is 11.5 Å². The van der Waals surface area contributed by atoms with E-state index in [1.165, 1.54) is 0 Å². The minimum Gasteiger partial charge on any atom is -0.486 e. The summed E-state index contributed by atoms with van der Waals surface area (Å²) in [7, 11) is 0. The Kier molecular flexibility index (Phi) is 3.59. The number of imidazole rings is 1. The van der Waals surface area contributed by atoms with Crippen molar-refractivity contribution in [1.29, 1.82) is 0 Å². The maximum Gasteiger partial charge on any atom is 0.242 e. The number of benzene rings is 1. The van der Waals surface area contributed by atoms with Crippen LogP contribution in [-0.4, -0.2) is 46.7 Å². The smallest absolute Gasteiger partial charge is 0.242 e. The van der Waals surface area contributed by atoms with Gasteiger partial charge in [-0.15, -0.1) is 0 Å². The molecule has 1 amide bonds. The molecule has 6 nitrogen and oxygen atoms in total. The van der Waals surface area contributed by atoms with Crippen LogP contribution in [0.3, 0.4) is 0 Å². The van der Waals surface area contributed by atoms with Crippen LogP contribution in [0.4, 0.5) is 0 Å². The molecule has 1 fully saturated rings. The summed E-state index contributed by atoms with van der Waals surface area (Å²) >= 11 is 0. The van der Waals surface area contributed by atoms with E-state index in [4.69, 9.17) is 9.47 Å². The van der Waals surface area contributed by atoms with E-state index in [2.05, 4.69) is 11.9 Å². The van der Waals surface area contributed by atoms with Gasteiger partial charge in [0, 0.05) is 31.6 Å². The molecule has 0 saturated carbocycles. The molecule has 0 aliphatic carbocycles. The van der Waals surface area contributed by atoms with Crippen molar-refractivity contribution in [3.63, 3.8) is 0 Å². The summed E-state index contributed by atoms with van der Waals surface area (Å²) < 4.78 is 13.3. The molecule has 0 spiro atoms. The maximum atomic E-state index is 12.5. The monoisotopic (exact) mass is 315 g/mol. The highest BCUT2D eigenvalue weighted by atomic mass is 16.6. The van der Waals surface area contributed by atoms with E-state index in [9.17, 15) is 4.79 Å². The van der Waals surface area contributed by atoms with Crippen LogP contribution in [0.25, 0.3) is 11.0 Å². The number of hydrogen-bond acceptors (Lipinski definition) is 4. The summed E-state index contributed by atoms with van der Waals surface area (Å²) in [5.74, 6) is 2.57. The zero-order valence-electron chi connectivity index (χ0n) is 13.4. The number of carbonyl (C=O) groups is 1. The SMILES string of the molecule is CCc1nc2cc3c(cc2n1CC(=O)N1CCCC1)OCCO3. The first-order chi connectivity index (χ1) is 11.3. The second-order valence-corrected chi connectivity index (χ2v) is 6.04. The number of fused-ring (bicyclic) bond motifs is 2. The molecule has 2 aliphatic rings. The van der Waals surface area contributed by atoms with E-state index in [1.54, 1.807) is 0 Å². The van der Waals surface area contributed by atoms with Gasteiger partial charge in [0.25, 0.3) is 0 Å². The molecule has 23 heavy (non-hydrogen) atoms. The van der Waals surface area contributed by atoms with Crippen molar-refractivity contribution in [2.45, 2.75) is 32.7 Å². The molecule has 2 aromatic rings. The van der Waals surface area contributed by atoms with Gasteiger partial charge in [-0.25, -0.2) is 4.98 Å². The number of aromatic nitrogens is 2. The van der Waals surface area contributed by atoms with Crippen LogP contribution in [0.2, 0.25) is 0 Å². The molecule has 0 bridgehead atoms. The maximum absolute atomic E-state index is 12.5. The standard InChI is InChI=1S/C17H21N3O3/c1-2-16-18-12-9-14-15(23-8-7-22-14)10-13(12)20(16)11-17(21)19-5-3-4-6-19/h9-10H,2-8,11H2,1H3. The number of rotatable bonds is 3. The molecular weight excluding hydrogens is 294 g/mol.